The summed E-state index contributed by atoms with van der Waals surface area (Å²) >= 11 is 0. The minimum Gasteiger partial charge on any atom is -0.391 e. The largest absolute Gasteiger partial charge is 0.391 e. The van der Waals surface area contributed by atoms with Gasteiger partial charge in [0.2, 0.25) is 0 Å². The zero-order valence-corrected chi connectivity index (χ0v) is 13.1. The first-order chi connectivity index (χ1) is 9.22. The smallest absolute Gasteiger partial charge is 0.374 e. The molecule has 2 atom stereocenters. The van der Waals surface area contributed by atoms with Gasteiger partial charge in [-0.1, -0.05) is 24.3 Å². The predicted octanol–water partition coefficient (Wildman–Crippen LogP) is 2.85. The highest BCUT2D eigenvalue weighted by Crippen LogP contribution is 2.28. The first-order valence-corrected chi connectivity index (χ1v) is 9.23. The molecule has 0 N–H and O–H groups in total. The lowest BCUT2D eigenvalue weighted by Crippen LogP contribution is -2.59. The average molecular weight is 280 g/mol. The van der Waals surface area contributed by atoms with E-state index in [4.69, 9.17) is 13.6 Å². The lowest BCUT2D eigenvalue weighted by molar-refractivity contribution is -0.106. The normalized spacial score (nSPS) is 27.4. The number of ether oxygens (including phenoxy) is 1. The van der Waals surface area contributed by atoms with E-state index in [1.165, 1.54) is 10.8 Å². The van der Waals surface area contributed by atoms with Crippen LogP contribution in [-0.4, -0.2) is 28.1 Å². The Morgan fingerprint density at radius 2 is 2.05 bits per heavy atom. The Kier molecular flexibility index (Phi) is 5.16. The van der Waals surface area contributed by atoms with E-state index in [9.17, 15) is 0 Å². The molecule has 0 radical (unpaired) electrons. The maximum atomic E-state index is 6.32. The summed E-state index contributed by atoms with van der Waals surface area (Å²) in [5.74, 6) is 0. The summed E-state index contributed by atoms with van der Waals surface area (Å²) in [4.78, 5) is 0. The van der Waals surface area contributed by atoms with Crippen molar-refractivity contribution in [3.8, 4) is 0 Å². The monoisotopic (exact) mass is 280 g/mol. The third kappa shape index (κ3) is 3.26. The Hall–Kier alpha value is -0.683. The fourth-order valence-electron chi connectivity index (χ4n) is 2.75. The van der Waals surface area contributed by atoms with E-state index in [2.05, 4.69) is 31.2 Å². The number of hydrogen-bond donors (Lipinski definition) is 0. The van der Waals surface area contributed by atoms with Crippen molar-refractivity contribution >= 4 is 13.7 Å². The van der Waals surface area contributed by atoms with Crippen molar-refractivity contribution in [2.45, 2.75) is 45.9 Å². The third-order valence-corrected chi connectivity index (χ3v) is 7.35. The van der Waals surface area contributed by atoms with Gasteiger partial charge in [0.25, 0.3) is 0 Å². The minimum absolute atomic E-state index is 0.100. The number of rotatable bonds is 5. The van der Waals surface area contributed by atoms with E-state index in [0.717, 1.165) is 18.9 Å². The first-order valence-electron chi connectivity index (χ1n) is 7.21. The molecule has 4 heteroatoms. The molecule has 19 heavy (non-hydrogen) atoms. The van der Waals surface area contributed by atoms with Crippen LogP contribution in [0.2, 0.25) is 6.04 Å². The molecule has 1 aliphatic rings. The van der Waals surface area contributed by atoms with Gasteiger partial charge in [0.05, 0.1) is 0 Å². The minimum atomic E-state index is -2.33. The van der Waals surface area contributed by atoms with Gasteiger partial charge in [0.15, 0.2) is 0 Å². The maximum Gasteiger partial charge on any atom is 0.374 e. The van der Waals surface area contributed by atoms with Crippen LogP contribution in [0.1, 0.15) is 32.3 Å². The van der Waals surface area contributed by atoms with Crippen molar-refractivity contribution in [2.75, 3.05) is 13.2 Å². The SMILES string of the molecule is CCOC1CCC[Si](OCC)(c2ccccc2C)O1. The fourth-order valence-corrected chi connectivity index (χ4v) is 6.41. The van der Waals surface area contributed by atoms with Crippen LogP contribution in [0.25, 0.3) is 0 Å². The molecule has 0 spiro atoms. The molecule has 2 rings (SSSR count). The van der Waals surface area contributed by atoms with Gasteiger partial charge < -0.3 is 13.6 Å². The predicted molar refractivity (Wildman–Crippen MR) is 78.7 cm³/mol. The molecule has 1 fully saturated rings. The molecule has 0 aromatic heterocycles. The number of aryl methyl sites for hydroxylation is 1. The second kappa shape index (κ2) is 6.66. The molecule has 106 valence electrons. The molecular weight excluding hydrogens is 256 g/mol. The Labute approximate surface area is 117 Å². The molecule has 0 amide bonds. The van der Waals surface area contributed by atoms with Gasteiger partial charge in [0.1, 0.15) is 6.29 Å². The molecule has 3 nitrogen and oxygen atoms in total. The van der Waals surface area contributed by atoms with Gasteiger partial charge in [-0.25, -0.2) is 0 Å². The Bertz CT molecular complexity index is 404. The van der Waals surface area contributed by atoms with Gasteiger partial charge in [-0.05, 0) is 50.4 Å². The van der Waals surface area contributed by atoms with E-state index in [0.29, 0.717) is 13.2 Å². The van der Waals surface area contributed by atoms with Crippen LogP contribution in [0, 0.1) is 6.92 Å². The van der Waals surface area contributed by atoms with E-state index in [1.807, 2.05) is 13.8 Å². The zero-order chi connectivity index (χ0) is 13.7. The molecule has 1 aromatic rings. The van der Waals surface area contributed by atoms with Crippen LogP contribution < -0.4 is 5.19 Å². The highest BCUT2D eigenvalue weighted by Gasteiger charge is 2.45. The summed E-state index contributed by atoms with van der Waals surface area (Å²) in [5, 5.41) is 1.27. The summed E-state index contributed by atoms with van der Waals surface area (Å²) in [7, 11) is -2.33. The van der Waals surface area contributed by atoms with Gasteiger partial charge in [0, 0.05) is 13.2 Å². The Morgan fingerprint density at radius 3 is 2.74 bits per heavy atom. The van der Waals surface area contributed by atoms with Crippen molar-refractivity contribution in [3.05, 3.63) is 29.8 Å². The summed E-state index contributed by atoms with van der Waals surface area (Å²) in [5.41, 5.74) is 1.26. The van der Waals surface area contributed by atoms with E-state index >= 15 is 0 Å². The van der Waals surface area contributed by atoms with Crippen molar-refractivity contribution in [3.63, 3.8) is 0 Å². The molecule has 1 saturated heterocycles. The Balaban J connectivity index is 2.29. The van der Waals surface area contributed by atoms with E-state index in [1.54, 1.807) is 0 Å². The highest BCUT2D eigenvalue weighted by molar-refractivity contribution is 6.81. The van der Waals surface area contributed by atoms with Crippen molar-refractivity contribution < 1.29 is 13.6 Å². The summed E-state index contributed by atoms with van der Waals surface area (Å²) in [6.45, 7) is 7.57. The van der Waals surface area contributed by atoms with Crippen LogP contribution in [0.15, 0.2) is 24.3 Å². The van der Waals surface area contributed by atoms with Crippen LogP contribution in [0.3, 0.4) is 0 Å². The second-order valence-electron chi connectivity index (χ2n) is 4.90. The van der Waals surface area contributed by atoms with Crippen molar-refractivity contribution in [1.29, 1.82) is 0 Å². The summed E-state index contributed by atoms with van der Waals surface area (Å²) < 4.78 is 18.1. The maximum absolute atomic E-state index is 6.32. The standard InChI is InChI=1S/C15H24O3Si/c1-4-16-15-11-8-12-19(18-15,17-5-2)14-10-7-6-9-13(14)3/h6-7,9-10,15H,4-5,8,11-12H2,1-3H3. The van der Waals surface area contributed by atoms with E-state index < -0.39 is 8.56 Å². The van der Waals surface area contributed by atoms with Crippen molar-refractivity contribution in [1.82, 2.24) is 0 Å². The average Bonchev–Trinajstić information content (AvgIpc) is 2.40. The zero-order valence-electron chi connectivity index (χ0n) is 12.1. The third-order valence-electron chi connectivity index (χ3n) is 3.55. The Morgan fingerprint density at radius 1 is 1.26 bits per heavy atom. The lowest BCUT2D eigenvalue weighted by Gasteiger charge is -2.39. The van der Waals surface area contributed by atoms with Crippen LogP contribution in [0.5, 0.6) is 0 Å². The lowest BCUT2D eigenvalue weighted by atomic mass is 10.2. The molecule has 0 aliphatic carbocycles. The molecule has 1 aliphatic heterocycles. The van der Waals surface area contributed by atoms with Crippen LogP contribution in [-0.2, 0) is 13.6 Å². The topological polar surface area (TPSA) is 27.7 Å². The van der Waals surface area contributed by atoms with Gasteiger partial charge >= 0.3 is 8.56 Å². The van der Waals surface area contributed by atoms with Crippen LogP contribution in [0.4, 0.5) is 0 Å². The number of hydrogen-bond acceptors (Lipinski definition) is 3. The molecule has 2 unspecified atom stereocenters. The second-order valence-corrected chi connectivity index (χ2v) is 7.96. The summed E-state index contributed by atoms with van der Waals surface area (Å²) in [6, 6.07) is 9.46. The van der Waals surface area contributed by atoms with Gasteiger partial charge in [-0.2, -0.15) is 0 Å². The van der Waals surface area contributed by atoms with E-state index in [-0.39, 0.29) is 6.29 Å². The molecule has 0 saturated carbocycles. The molecule has 1 aromatic carbocycles. The van der Waals surface area contributed by atoms with Crippen LogP contribution >= 0.6 is 0 Å². The molecule has 1 heterocycles. The number of benzene rings is 1. The van der Waals surface area contributed by atoms with Crippen molar-refractivity contribution in [2.24, 2.45) is 0 Å². The molecule has 0 bridgehead atoms. The quantitative estimate of drug-likeness (QED) is 0.776. The van der Waals surface area contributed by atoms with Gasteiger partial charge in [-0.3, -0.25) is 0 Å². The highest BCUT2D eigenvalue weighted by atomic mass is 28.4. The fraction of sp³-hybridized carbons (Fsp3) is 0.600. The first kappa shape index (κ1) is 14.7. The van der Waals surface area contributed by atoms with Gasteiger partial charge in [-0.15, -0.1) is 0 Å². The molecular formula is C15H24O3Si. The summed E-state index contributed by atoms with van der Waals surface area (Å²) in [6.07, 6.45) is 1.99.